The zero-order chi connectivity index (χ0) is 18.7. The lowest BCUT2D eigenvalue weighted by Gasteiger charge is -2.13. The van der Waals surface area contributed by atoms with Gasteiger partial charge in [0.25, 0.3) is 0 Å². The maximum atomic E-state index is 12.1. The fourth-order valence-corrected chi connectivity index (χ4v) is 3.60. The third-order valence-corrected chi connectivity index (χ3v) is 5.60. The highest BCUT2D eigenvalue weighted by molar-refractivity contribution is 7.89. The van der Waals surface area contributed by atoms with Crippen LogP contribution in [0, 0.1) is 5.92 Å². The summed E-state index contributed by atoms with van der Waals surface area (Å²) >= 11 is 5.75. The van der Waals surface area contributed by atoms with E-state index in [1.54, 1.807) is 0 Å². The quantitative estimate of drug-likeness (QED) is 0.337. The summed E-state index contributed by atoms with van der Waals surface area (Å²) in [5.74, 6) is -0.170. The van der Waals surface area contributed by atoms with E-state index < -0.39 is 10.0 Å². The molecular weight excluding hydrogens is 366 g/mol. The van der Waals surface area contributed by atoms with Crippen LogP contribution in [0.15, 0.2) is 29.2 Å². The van der Waals surface area contributed by atoms with Crippen LogP contribution >= 0.6 is 11.6 Å². The Kier molecular flexibility index (Phi) is 9.70. The van der Waals surface area contributed by atoms with Crippen molar-refractivity contribution in [2.45, 2.75) is 43.4 Å². The molecule has 8 heteroatoms. The zero-order valence-corrected chi connectivity index (χ0v) is 15.8. The lowest BCUT2D eigenvalue weighted by molar-refractivity contribution is -0.141. The van der Waals surface area contributed by atoms with Gasteiger partial charge < -0.3 is 9.53 Å². The molecule has 0 aliphatic rings. The smallest absolute Gasteiger partial charge is 0.305 e. The van der Waals surface area contributed by atoms with Crippen LogP contribution in [0.2, 0.25) is 5.02 Å². The summed E-state index contributed by atoms with van der Waals surface area (Å²) in [5.41, 5.74) is 0. The number of hydrogen-bond donors (Lipinski definition) is 1. The number of carbonyl (C=O) groups is 2. The van der Waals surface area contributed by atoms with E-state index >= 15 is 0 Å². The van der Waals surface area contributed by atoms with Crippen molar-refractivity contribution in [3.63, 3.8) is 0 Å². The van der Waals surface area contributed by atoms with Gasteiger partial charge >= 0.3 is 5.97 Å². The van der Waals surface area contributed by atoms with Gasteiger partial charge in [0.2, 0.25) is 10.0 Å². The molecule has 0 aliphatic heterocycles. The molecule has 0 spiro atoms. The lowest BCUT2D eigenvalue weighted by Crippen LogP contribution is -2.24. The van der Waals surface area contributed by atoms with E-state index in [-0.39, 0.29) is 23.2 Å². The van der Waals surface area contributed by atoms with Crippen molar-refractivity contribution in [3.8, 4) is 0 Å². The molecule has 0 aromatic heterocycles. The third-order valence-electron chi connectivity index (χ3n) is 3.87. The Bertz CT molecular complexity index is 646. The summed E-state index contributed by atoms with van der Waals surface area (Å²) in [6.45, 7) is 0.315. The van der Waals surface area contributed by atoms with E-state index in [9.17, 15) is 18.0 Å². The van der Waals surface area contributed by atoms with Crippen LogP contribution in [0.4, 0.5) is 0 Å². The summed E-state index contributed by atoms with van der Waals surface area (Å²) in [6, 6.07) is 5.97. The minimum Gasteiger partial charge on any atom is -0.469 e. The van der Waals surface area contributed by atoms with Gasteiger partial charge in [-0.15, -0.1) is 0 Å². The Hall–Kier alpha value is -1.44. The number of ether oxygens (including phenoxy) is 1. The molecule has 1 aromatic carbocycles. The van der Waals surface area contributed by atoms with Gasteiger partial charge in [0.05, 0.1) is 12.0 Å². The fourth-order valence-electron chi connectivity index (χ4n) is 2.40. The summed E-state index contributed by atoms with van der Waals surface area (Å²) in [7, 11) is -2.20. The average Bonchev–Trinajstić information content (AvgIpc) is 2.59. The highest BCUT2D eigenvalue weighted by Gasteiger charge is 2.14. The number of sulfonamides is 1. The topological polar surface area (TPSA) is 89.5 Å². The number of methoxy groups -OCH3 is 1. The van der Waals surface area contributed by atoms with Gasteiger partial charge in [-0.05, 0) is 49.4 Å². The molecule has 1 atom stereocenters. The minimum absolute atomic E-state index is 0.115. The maximum Gasteiger partial charge on any atom is 0.305 e. The van der Waals surface area contributed by atoms with Crippen molar-refractivity contribution in [2.75, 3.05) is 13.7 Å². The molecule has 1 rings (SSSR count). The molecule has 1 unspecified atom stereocenters. The summed E-state index contributed by atoms with van der Waals surface area (Å²) < 4.78 is 31.3. The second-order valence-electron chi connectivity index (χ2n) is 5.73. The Morgan fingerprint density at radius 3 is 2.52 bits per heavy atom. The first kappa shape index (κ1) is 21.6. The summed E-state index contributed by atoms with van der Waals surface area (Å²) in [5, 5.41) is 0.479. The Morgan fingerprint density at radius 2 is 1.92 bits per heavy atom. The molecule has 140 valence electrons. The molecule has 0 saturated carbocycles. The SMILES string of the molecule is COC(=O)CCC(CC=O)CCCCNS(=O)(=O)c1ccc(Cl)cc1. The van der Waals surface area contributed by atoms with Crippen molar-refractivity contribution in [1.29, 1.82) is 0 Å². The number of nitrogens with one attached hydrogen (secondary N) is 1. The molecule has 1 N–H and O–H groups in total. The molecule has 1 aromatic rings. The average molecular weight is 390 g/mol. The number of halogens is 1. The van der Waals surface area contributed by atoms with Crippen LogP contribution in [0.1, 0.15) is 38.5 Å². The second-order valence-corrected chi connectivity index (χ2v) is 7.93. The maximum absolute atomic E-state index is 12.1. The van der Waals surface area contributed by atoms with E-state index in [0.717, 1.165) is 19.1 Å². The molecule has 25 heavy (non-hydrogen) atoms. The monoisotopic (exact) mass is 389 g/mol. The largest absolute Gasteiger partial charge is 0.469 e. The van der Waals surface area contributed by atoms with Gasteiger partial charge in [0.15, 0.2) is 0 Å². The zero-order valence-electron chi connectivity index (χ0n) is 14.2. The van der Waals surface area contributed by atoms with E-state index in [1.807, 2.05) is 0 Å². The molecule has 6 nitrogen and oxygen atoms in total. The van der Waals surface area contributed by atoms with Gasteiger partial charge in [0.1, 0.15) is 6.29 Å². The molecule has 0 aliphatic carbocycles. The van der Waals surface area contributed by atoms with Crippen molar-refractivity contribution >= 4 is 33.9 Å². The molecule has 0 bridgehead atoms. The first-order chi connectivity index (χ1) is 11.9. The highest BCUT2D eigenvalue weighted by Crippen LogP contribution is 2.18. The standard InChI is InChI=1S/C17H24ClNO5S/c1-24-17(21)10-5-14(11-13-20)4-2-3-12-19-25(22,23)16-8-6-15(18)7-9-16/h6-9,13-14,19H,2-5,10-12H2,1H3. The van der Waals surface area contributed by atoms with Crippen molar-refractivity contribution in [2.24, 2.45) is 5.92 Å². The second kappa shape index (κ2) is 11.2. The van der Waals surface area contributed by atoms with Gasteiger partial charge in [-0.3, -0.25) is 4.79 Å². The van der Waals surface area contributed by atoms with Crippen LogP contribution in [0.3, 0.4) is 0 Å². The third kappa shape index (κ3) is 8.47. The van der Waals surface area contributed by atoms with Gasteiger partial charge in [-0.2, -0.15) is 0 Å². The number of rotatable bonds is 12. The predicted molar refractivity (Wildman–Crippen MR) is 95.9 cm³/mol. The number of benzene rings is 1. The van der Waals surface area contributed by atoms with Crippen LogP contribution in [-0.2, 0) is 24.3 Å². The Labute approximate surface area is 153 Å². The lowest BCUT2D eigenvalue weighted by atomic mass is 9.94. The number of unbranched alkanes of at least 4 members (excludes halogenated alkanes) is 1. The van der Waals surface area contributed by atoms with E-state index in [2.05, 4.69) is 9.46 Å². The number of carbonyl (C=O) groups excluding carboxylic acids is 2. The fraction of sp³-hybridized carbons (Fsp3) is 0.529. The van der Waals surface area contributed by atoms with Crippen LogP contribution in [0.25, 0.3) is 0 Å². The van der Waals surface area contributed by atoms with Crippen molar-refractivity contribution < 1.29 is 22.7 Å². The van der Waals surface area contributed by atoms with Gasteiger partial charge in [-0.25, -0.2) is 13.1 Å². The van der Waals surface area contributed by atoms with Crippen LogP contribution in [-0.4, -0.2) is 34.3 Å². The molecule has 0 saturated heterocycles. The van der Waals surface area contributed by atoms with E-state index in [1.165, 1.54) is 31.4 Å². The number of hydrogen-bond acceptors (Lipinski definition) is 5. The molecular formula is C17H24ClNO5S. The first-order valence-corrected chi connectivity index (χ1v) is 10.0. The number of esters is 1. The minimum atomic E-state index is -3.54. The molecule has 0 heterocycles. The normalized spacial score (nSPS) is 12.6. The molecule has 0 fully saturated rings. The first-order valence-electron chi connectivity index (χ1n) is 8.14. The van der Waals surface area contributed by atoms with Crippen LogP contribution < -0.4 is 4.72 Å². The van der Waals surface area contributed by atoms with E-state index in [4.69, 9.17) is 11.6 Å². The predicted octanol–water partition coefficient (Wildman–Crippen LogP) is 2.95. The van der Waals surface area contributed by atoms with E-state index in [0.29, 0.717) is 30.8 Å². The summed E-state index contributed by atoms with van der Waals surface area (Å²) in [6.07, 6.45) is 4.32. The Morgan fingerprint density at radius 1 is 1.24 bits per heavy atom. The molecule has 0 radical (unpaired) electrons. The van der Waals surface area contributed by atoms with Gasteiger partial charge in [-0.1, -0.05) is 18.0 Å². The number of aldehydes is 1. The van der Waals surface area contributed by atoms with Gasteiger partial charge in [0, 0.05) is 24.4 Å². The molecule has 0 amide bonds. The van der Waals surface area contributed by atoms with Crippen molar-refractivity contribution in [3.05, 3.63) is 29.3 Å². The van der Waals surface area contributed by atoms with Crippen LogP contribution in [0.5, 0.6) is 0 Å². The highest BCUT2D eigenvalue weighted by atomic mass is 35.5. The summed E-state index contributed by atoms with van der Waals surface area (Å²) in [4.78, 5) is 22.1. The van der Waals surface area contributed by atoms with Crippen molar-refractivity contribution in [1.82, 2.24) is 4.72 Å². The Balaban J connectivity index is 2.34.